The predicted molar refractivity (Wildman–Crippen MR) is 180 cm³/mol. The molecule has 44 heavy (non-hydrogen) atoms. The molecule has 7 nitrogen and oxygen atoms in total. The molecule has 0 bridgehead atoms. The van der Waals surface area contributed by atoms with Crippen molar-refractivity contribution in [2.45, 2.75) is 69.0 Å². The Morgan fingerprint density at radius 3 is 2.20 bits per heavy atom. The highest BCUT2D eigenvalue weighted by atomic mass is 32.2. The minimum Gasteiger partial charge on any atom is -0.401 e. The van der Waals surface area contributed by atoms with Crippen LogP contribution in [-0.2, 0) is 9.16 Å². The molecule has 0 spiro atoms. The largest absolute Gasteiger partial charge is 0.401 e. The third-order valence-corrected chi connectivity index (χ3v) is 14.0. The zero-order chi connectivity index (χ0) is 31.0. The van der Waals surface area contributed by atoms with Gasteiger partial charge in [0.15, 0.2) is 0 Å². The summed E-state index contributed by atoms with van der Waals surface area (Å²) in [5, 5.41) is 27.1. The molecule has 0 saturated heterocycles. The number of benzene rings is 3. The quantitative estimate of drug-likeness (QED) is 0.122. The Kier molecular flexibility index (Phi) is 10.7. The van der Waals surface area contributed by atoms with Gasteiger partial charge in [-0.3, -0.25) is 0 Å². The second kappa shape index (κ2) is 14.6. The Morgan fingerprint density at radius 2 is 1.61 bits per heavy atom. The molecular formula is C35H42N4O3SSi. The molecule has 1 aliphatic rings. The first-order valence-corrected chi connectivity index (χ1v) is 18.1. The van der Waals surface area contributed by atoms with Crippen LogP contribution in [-0.4, -0.2) is 64.3 Å². The van der Waals surface area contributed by atoms with Gasteiger partial charge in [0.25, 0.3) is 8.32 Å². The molecule has 5 rings (SSSR count). The fourth-order valence-corrected chi connectivity index (χ4v) is 11.4. The highest BCUT2D eigenvalue weighted by Gasteiger charge is 2.52. The van der Waals surface area contributed by atoms with Crippen LogP contribution in [0.4, 0.5) is 0 Å². The summed E-state index contributed by atoms with van der Waals surface area (Å²) >= 11 is 1.56. The predicted octanol–water partition coefficient (Wildman–Crippen LogP) is 5.74. The topological polar surface area (TPSA) is 82.3 Å². The second-order valence-electron chi connectivity index (χ2n) is 12.2. The van der Waals surface area contributed by atoms with Gasteiger partial charge in [0, 0.05) is 5.75 Å². The van der Waals surface area contributed by atoms with Crippen molar-refractivity contribution in [3.8, 4) is 5.69 Å². The van der Waals surface area contributed by atoms with Crippen molar-refractivity contribution in [3.63, 3.8) is 0 Å². The van der Waals surface area contributed by atoms with Crippen molar-refractivity contribution in [2.24, 2.45) is 0 Å². The van der Waals surface area contributed by atoms with E-state index in [1.165, 1.54) is 15.9 Å². The Morgan fingerprint density at radius 1 is 1.00 bits per heavy atom. The number of hydrogen-bond donors (Lipinski definition) is 1. The molecule has 3 aromatic carbocycles. The molecule has 1 N–H and O–H groups in total. The summed E-state index contributed by atoms with van der Waals surface area (Å²) in [6.45, 7) is 9.48. The van der Waals surface area contributed by atoms with Crippen LogP contribution in [0.1, 0.15) is 40.5 Å². The van der Waals surface area contributed by atoms with Crippen molar-refractivity contribution < 1.29 is 14.3 Å². The number of ether oxygens (including phenoxy) is 1. The maximum atomic E-state index is 11.8. The van der Waals surface area contributed by atoms with Gasteiger partial charge >= 0.3 is 0 Å². The lowest BCUT2D eigenvalue weighted by molar-refractivity contribution is 0.0556. The second-order valence-corrected chi connectivity index (χ2v) is 17.5. The van der Waals surface area contributed by atoms with E-state index in [9.17, 15) is 5.11 Å². The third-order valence-electron chi connectivity index (χ3n) is 7.99. The molecule has 0 aliphatic carbocycles. The van der Waals surface area contributed by atoms with Gasteiger partial charge in [0.05, 0.1) is 30.6 Å². The molecule has 3 atom stereocenters. The Bertz CT molecular complexity index is 1480. The summed E-state index contributed by atoms with van der Waals surface area (Å²) in [5.41, 5.74) is 2.20. The van der Waals surface area contributed by atoms with Crippen molar-refractivity contribution >= 4 is 30.5 Å². The normalized spacial score (nSPS) is 17.4. The first-order valence-electron chi connectivity index (χ1n) is 15.2. The highest BCUT2D eigenvalue weighted by Crippen LogP contribution is 2.38. The number of thioether (sulfide) groups is 1. The van der Waals surface area contributed by atoms with E-state index in [-0.39, 0.29) is 11.1 Å². The van der Waals surface area contributed by atoms with Crippen LogP contribution in [0.5, 0.6) is 0 Å². The lowest BCUT2D eigenvalue weighted by Crippen LogP contribution is -2.68. The number of aliphatic hydroxyl groups is 1. The van der Waals surface area contributed by atoms with E-state index < -0.39 is 20.5 Å². The van der Waals surface area contributed by atoms with Crippen LogP contribution in [0, 0.1) is 0 Å². The van der Waals surface area contributed by atoms with E-state index in [0.717, 1.165) is 12.1 Å². The smallest absolute Gasteiger partial charge is 0.261 e. The number of tetrazole rings is 1. The van der Waals surface area contributed by atoms with Crippen molar-refractivity contribution in [1.29, 1.82) is 0 Å². The summed E-state index contributed by atoms with van der Waals surface area (Å²) in [5.74, 6) is 0.656. The Labute approximate surface area is 266 Å². The summed E-state index contributed by atoms with van der Waals surface area (Å²) in [7, 11) is -2.92. The summed E-state index contributed by atoms with van der Waals surface area (Å²) in [4.78, 5) is 0. The summed E-state index contributed by atoms with van der Waals surface area (Å²) < 4.78 is 15.1. The average Bonchev–Trinajstić information content (AvgIpc) is 3.51. The maximum absolute atomic E-state index is 11.8. The van der Waals surface area contributed by atoms with E-state index in [1.54, 1.807) is 16.4 Å². The fraction of sp³-hybridized carbons (Fsp3) is 0.343. The molecule has 4 aromatic rings. The number of nitrogens with zero attached hydrogens (tertiary/aromatic N) is 4. The lowest BCUT2D eigenvalue weighted by Gasteiger charge is -2.45. The van der Waals surface area contributed by atoms with Crippen LogP contribution in [0.3, 0.4) is 0 Å². The molecule has 1 aromatic heterocycles. The first-order chi connectivity index (χ1) is 21.3. The minimum absolute atomic E-state index is 0.0620. The lowest BCUT2D eigenvalue weighted by atomic mass is 10.0. The van der Waals surface area contributed by atoms with E-state index >= 15 is 0 Å². The van der Waals surface area contributed by atoms with E-state index in [2.05, 4.69) is 97.8 Å². The molecule has 0 amide bonds. The van der Waals surface area contributed by atoms with Crippen LogP contribution in [0.25, 0.3) is 5.69 Å². The van der Waals surface area contributed by atoms with Gasteiger partial charge in [-0.25, -0.2) is 0 Å². The first kappa shape index (κ1) is 32.1. The van der Waals surface area contributed by atoms with Gasteiger partial charge < -0.3 is 14.3 Å². The molecule has 0 unspecified atom stereocenters. The summed E-state index contributed by atoms with van der Waals surface area (Å²) in [6.07, 6.45) is 6.00. The van der Waals surface area contributed by atoms with Gasteiger partial charge in [-0.05, 0) is 57.7 Å². The average molecular weight is 627 g/mol. The van der Waals surface area contributed by atoms with Gasteiger partial charge in [-0.2, -0.15) is 4.68 Å². The van der Waals surface area contributed by atoms with Crippen molar-refractivity contribution in [3.05, 3.63) is 115 Å². The number of hydrogen-bond acceptors (Lipinski definition) is 7. The standard InChI is InChI=1S/C35H42N4O3SSi/c1-27-22-24-41-29(26-27)20-21-32(40)33(23-25-43-34-36-37-38-39(34)28-14-8-5-9-15-28)42-44(35(2,3)4,30-16-10-6-11-17-30)31-18-12-7-13-19-31/h5-22,29,32-33,40H,23-26H2,1-4H3/b21-20+/t29-,32+,33+/m1/s1. The van der Waals surface area contributed by atoms with E-state index in [4.69, 9.17) is 9.16 Å². The van der Waals surface area contributed by atoms with E-state index in [0.29, 0.717) is 23.9 Å². The SMILES string of the molecule is CC1=CCO[C@H](/C=C/[C@H](O)[C@H](CCSc2nnnn2-c2ccccc2)O[Si](c2ccccc2)(c2ccccc2)C(C)(C)C)C1. The third kappa shape index (κ3) is 7.47. The molecule has 0 saturated carbocycles. The molecular weight excluding hydrogens is 585 g/mol. The molecule has 1 aliphatic heterocycles. The zero-order valence-electron chi connectivity index (χ0n) is 25.9. The Balaban J connectivity index is 1.47. The van der Waals surface area contributed by atoms with Crippen molar-refractivity contribution in [2.75, 3.05) is 12.4 Å². The zero-order valence-corrected chi connectivity index (χ0v) is 27.7. The highest BCUT2D eigenvalue weighted by molar-refractivity contribution is 7.99. The van der Waals surface area contributed by atoms with Crippen LogP contribution >= 0.6 is 11.8 Å². The van der Waals surface area contributed by atoms with Crippen LogP contribution in [0.15, 0.2) is 120 Å². The number of aliphatic hydroxyl groups excluding tert-OH is 1. The van der Waals surface area contributed by atoms with Crippen LogP contribution < -0.4 is 10.4 Å². The Hall–Kier alpha value is -3.34. The molecule has 0 radical (unpaired) electrons. The molecule has 2 heterocycles. The minimum atomic E-state index is -2.92. The molecule has 0 fully saturated rings. The van der Waals surface area contributed by atoms with Gasteiger partial charge in [-0.15, -0.1) is 5.10 Å². The summed E-state index contributed by atoms with van der Waals surface area (Å²) in [6, 6.07) is 31.0. The van der Waals surface area contributed by atoms with Gasteiger partial charge in [0.1, 0.15) is 0 Å². The van der Waals surface area contributed by atoms with Crippen LogP contribution in [0.2, 0.25) is 5.04 Å². The fourth-order valence-electron chi connectivity index (χ4n) is 5.74. The van der Waals surface area contributed by atoms with Gasteiger partial charge in [0.2, 0.25) is 5.16 Å². The maximum Gasteiger partial charge on any atom is 0.261 e. The number of aromatic nitrogens is 4. The number of para-hydroxylation sites is 1. The number of rotatable bonds is 12. The molecule has 9 heteroatoms. The van der Waals surface area contributed by atoms with Crippen molar-refractivity contribution in [1.82, 2.24) is 20.2 Å². The molecule has 230 valence electrons. The van der Waals surface area contributed by atoms with E-state index in [1.807, 2.05) is 54.6 Å². The monoisotopic (exact) mass is 626 g/mol. The van der Waals surface area contributed by atoms with Gasteiger partial charge in [-0.1, -0.05) is 135 Å².